The molecule has 278 valence electrons. The Bertz CT molecular complexity index is 1770. The highest BCUT2D eigenvalue weighted by atomic mass is 35.5. The van der Waals surface area contributed by atoms with E-state index in [1.807, 2.05) is 54.6 Å². The molecule has 0 aliphatic carbocycles. The molecule has 1 heterocycles. The predicted molar refractivity (Wildman–Crippen MR) is 196 cm³/mol. The molecule has 52 heavy (non-hydrogen) atoms. The number of fused-ring (bicyclic) bond motifs is 2. The average Bonchev–Trinajstić information content (AvgIpc) is 3.13. The highest BCUT2D eigenvalue weighted by molar-refractivity contribution is 6.27. The van der Waals surface area contributed by atoms with Crippen LogP contribution in [0.25, 0.3) is 21.5 Å². The molecule has 10 N–H and O–H groups in total. The van der Waals surface area contributed by atoms with Crippen molar-refractivity contribution in [2.24, 2.45) is 11.5 Å². The van der Waals surface area contributed by atoms with Gasteiger partial charge in [0.05, 0.1) is 0 Å². The van der Waals surface area contributed by atoms with E-state index < -0.39 is 72.0 Å². The highest BCUT2D eigenvalue weighted by Gasteiger charge is 2.38. The molecule has 1 aliphatic heterocycles. The second-order valence-electron chi connectivity index (χ2n) is 12.7. The summed E-state index contributed by atoms with van der Waals surface area (Å²) in [6.07, 6.45) is 1.30. The third-order valence-electron chi connectivity index (χ3n) is 9.06. The number of halogens is 1. The Morgan fingerprint density at radius 3 is 2.13 bits per heavy atom. The van der Waals surface area contributed by atoms with Crippen molar-refractivity contribution in [3.63, 3.8) is 0 Å². The maximum Gasteiger partial charge on any atom is 0.303 e. The van der Waals surface area contributed by atoms with E-state index in [1.165, 1.54) is 4.90 Å². The molecule has 0 spiro atoms. The predicted octanol–water partition coefficient (Wildman–Crippen LogP) is 1.22. The van der Waals surface area contributed by atoms with Gasteiger partial charge in [0, 0.05) is 25.9 Å². The Kier molecular flexibility index (Phi) is 14.1. The van der Waals surface area contributed by atoms with Crippen LogP contribution in [-0.4, -0.2) is 94.6 Å². The summed E-state index contributed by atoms with van der Waals surface area (Å²) in [5.74, 6) is -5.22. The Morgan fingerprint density at radius 2 is 1.54 bits per heavy atom. The monoisotopic (exact) mass is 736 g/mol. The number of hydrogen-bond acceptors (Lipinski definition) is 7. The maximum absolute atomic E-state index is 14.2. The van der Waals surface area contributed by atoms with Crippen molar-refractivity contribution in [1.29, 1.82) is 5.41 Å². The number of nitrogens with zero attached hydrogens (tertiary/aromatic N) is 1. The SMILES string of the molecule is N=C(N)NCCC[C@H](NC(=O)[C@H](Cc1c2ccccc2cc2ccccc12)NC(=O)[C@@H]1CCCCN1C(=O)[C@H](CCC(=O)O)NC(=O)CCl)C(N)=O. The smallest absolute Gasteiger partial charge is 0.303 e. The van der Waals surface area contributed by atoms with Crippen molar-refractivity contribution in [1.82, 2.24) is 26.2 Å². The standard InChI is InChI=1S/C36H45ClN8O7/c37-20-30(46)42-27(14-15-31(47)48)35(52)45-17-6-5-13-29(45)34(51)44-28(33(50)43-26(32(38)49)12-7-16-41-36(39)40)19-25-23-10-3-1-8-21(23)18-22-9-2-4-11-24(22)25/h1-4,8-11,18,26-29H,5-7,12-17,19-20H2,(H2,38,49)(H,42,46)(H,43,50)(H,44,51)(H,47,48)(H4,39,40,41)/t26-,27-,28-,29-/m0/s1. The minimum Gasteiger partial charge on any atom is -0.481 e. The number of rotatable bonds is 17. The quantitative estimate of drug-likeness (QED) is 0.0326. The first-order valence-electron chi connectivity index (χ1n) is 17.1. The maximum atomic E-state index is 14.2. The Morgan fingerprint density at radius 1 is 0.885 bits per heavy atom. The van der Waals surface area contributed by atoms with E-state index >= 15 is 0 Å². The number of carbonyl (C=O) groups excluding carboxylic acids is 5. The molecule has 3 aromatic rings. The van der Waals surface area contributed by atoms with Crippen LogP contribution in [-0.2, 0) is 35.2 Å². The lowest BCUT2D eigenvalue weighted by Gasteiger charge is -2.37. The zero-order valence-corrected chi connectivity index (χ0v) is 29.4. The summed E-state index contributed by atoms with van der Waals surface area (Å²) < 4.78 is 0. The molecule has 16 heteroatoms. The number of benzene rings is 3. The Labute approximate surface area is 305 Å². The van der Waals surface area contributed by atoms with Gasteiger partial charge < -0.3 is 42.7 Å². The second kappa shape index (κ2) is 18.7. The molecule has 1 aliphatic rings. The third kappa shape index (κ3) is 10.5. The van der Waals surface area contributed by atoms with Crippen LogP contribution in [0.4, 0.5) is 0 Å². The minimum atomic E-state index is -1.23. The molecule has 0 unspecified atom stereocenters. The molecular weight excluding hydrogens is 692 g/mol. The van der Waals surface area contributed by atoms with Gasteiger partial charge in [-0.15, -0.1) is 11.6 Å². The number of nitrogens with two attached hydrogens (primary N) is 2. The van der Waals surface area contributed by atoms with Crippen LogP contribution in [0, 0.1) is 5.41 Å². The van der Waals surface area contributed by atoms with Crippen molar-refractivity contribution in [3.8, 4) is 0 Å². The number of aliphatic carboxylic acids is 1. The van der Waals surface area contributed by atoms with Crippen molar-refractivity contribution >= 4 is 74.6 Å². The van der Waals surface area contributed by atoms with Crippen LogP contribution < -0.4 is 32.7 Å². The molecule has 1 saturated heterocycles. The summed E-state index contributed by atoms with van der Waals surface area (Å²) in [6.45, 7) is 0.432. The van der Waals surface area contributed by atoms with Gasteiger partial charge in [-0.1, -0.05) is 48.5 Å². The number of amides is 5. The van der Waals surface area contributed by atoms with Crippen molar-refractivity contribution in [2.45, 2.75) is 75.5 Å². The summed E-state index contributed by atoms with van der Waals surface area (Å²) in [7, 11) is 0. The van der Waals surface area contributed by atoms with Gasteiger partial charge in [-0.2, -0.15) is 0 Å². The number of primary amides is 1. The summed E-state index contributed by atoms with van der Waals surface area (Å²) >= 11 is 5.66. The summed E-state index contributed by atoms with van der Waals surface area (Å²) in [5, 5.41) is 30.8. The number of alkyl halides is 1. The second-order valence-corrected chi connectivity index (χ2v) is 13.0. The first kappa shape index (κ1) is 39.3. The normalized spacial score (nSPS) is 15.9. The summed E-state index contributed by atoms with van der Waals surface area (Å²) in [5.41, 5.74) is 11.8. The third-order valence-corrected chi connectivity index (χ3v) is 9.30. The lowest BCUT2D eigenvalue weighted by atomic mass is 9.91. The van der Waals surface area contributed by atoms with Crippen LogP contribution in [0.15, 0.2) is 54.6 Å². The van der Waals surface area contributed by atoms with Gasteiger partial charge in [0.2, 0.25) is 29.5 Å². The molecule has 4 atom stereocenters. The van der Waals surface area contributed by atoms with Crippen LogP contribution in [0.2, 0.25) is 0 Å². The number of piperidine rings is 1. The minimum absolute atomic E-state index is 0.0183. The zero-order valence-electron chi connectivity index (χ0n) is 28.7. The van der Waals surface area contributed by atoms with E-state index in [4.69, 9.17) is 28.5 Å². The van der Waals surface area contributed by atoms with Crippen molar-refractivity contribution in [2.75, 3.05) is 19.0 Å². The van der Waals surface area contributed by atoms with E-state index in [-0.39, 0.29) is 44.7 Å². The first-order chi connectivity index (χ1) is 24.9. The summed E-state index contributed by atoms with van der Waals surface area (Å²) in [6, 6.07) is 12.8. The van der Waals surface area contributed by atoms with E-state index in [1.54, 1.807) is 0 Å². The molecule has 4 rings (SSSR count). The van der Waals surface area contributed by atoms with E-state index in [9.17, 15) is 33.9 Å². The van der Waals surface area contributed by atoms with E-state index in [0.717, 1.165) is 27.1 Å². The van der Waals surface area contributed by atoms with Gasteiger partial charge in [0.1, 0.15) is 30.0 Å². The fourth-order valence-corrected chi connectivity index (χ4v) is 6.60. The molecule has 0 aromatic heterocycles. The number of hydrogen-bond donors (Lipinski definition) is 8. The van der Waals surface area contributed by atoms with Crippen LogP contribution >= 0.6 is 11.6 Å². The number of carboxylic acids is 1. The molecule has 0 bridgehead atoms. The van der Waals surface area contributed by atoms with Gasteiger partial charge in [-0.05, 0) is 71.7 Å². The lowest BCUT2D eigenvalue weighted by Crippen LogP contribution is -2.60. The average molecular weight is 737 g/mol. The zero-order chi connectivity index (χ0) is 37.8. The van der Waals surface area contributed by atoms with Gasteiger partial charge in [-0.3, -0.25) is 34.2 Å². The molecule has 3 aromatic carbocycles. The number of likely N-dealkylation sites (tertiary alicyclic amines) is 1. The summed E-state index contributed by atoms with van der Waals surface area (Å²) in [4.78, 5) is 79.4. The molecule has 5 amide bonds. The van der Waals surface area contributed by atoms with Gasteiger partial charge >= 0.3 is 5.97 Å². The Hall–Kier alpha value is -5.44. The number of guanidine groups is 1. The highest BCUT2D eigenvalue weighted by Crippen LogP contribution is 2.30. The number of carboxylic acid groups (broad SMARTS) is 1. The largest absolute Gasteiger partial charge is 0.481 e. The van der Waals surface area contributed by atoms with Crippen LogP contribution in [0.1, 0.15) is 50.5 Å². The Balaban J connectivity index is 1.67. The van der Waals surface area contributed by atoms with Crippen molar-refractivity contribution in [3.05, 3.63) is 60.2 Å². The number of carbonyl (C=O) groups is 6. The molecule has 15 nitrogen and oxygen atoms in total. The van der Waals surface area contributed by atoms with E-state index in [2.05, 4.69) is 21.3 Å². The van der Waals surface area contributed by atoms with Gasteiger partial charge in [0.25, 0.3) is 0 Å². The van der Waals surface area contributed by atoms with Gasteiger partial charge in [-0.25, -0.2) is 0 Å². The molecular formula is C36H45ClN8O7. The molecule has 0 radical (unpaired) electrons. The fourth-order valence-electron chi connectivity index (χ4n) is 6.52. The van der Waals surface area contributed by atoms with Crippen LogP contribution in [0.5, 0.6) is 0 Å². The fraction of sp³-hybridized carbons (Fsp3) is 0.417. The van der Waals surface area contributed by atoms with E-state index in [0.29, 0.717) is 19.3 Å². The van der Waals surface area contributed by atoms with Gasteiger partial charge in [0.15, 0.2) is 5.96 Å². The van der Waals surface area contributed by atoms with Crippen molar-refractivity contribution < 1.29 is 33.9 Å². The molecule has 0 saturated carbocycles. The first-order valence-corrected chi connectivity index (χ1v) is 17.7. The number of nitrogens with one attached hydrogen (secondary N) is 5. The topological polar surface area (TPSA) is 250 Å². The lowest BCUT2D eigenvalue weighted by molar-refractivity contribution is -0.146. The molecule has 1 fully saturated rings. The van der Waals surface area contributed by atoms with Crippen LogP contribution in [0.3, 0.4) is 0 Å².